The van der Waals surface area contributed by atoms with Gasteiger partial charge in [0.05, 0.1) is 18.2 Å². The van der Waals surface area contributed by atoms with Crippen LogP contribution in [-0.4, -0.2) is 24.8 Å². The molecule has 0 saturated carbocycles. The van der Waals surface area contributed by atoms with Gasteiger partial charge in [0.15, 0.2) is 0 Å². The maximum atomic E-state index is 8.79. The first-order chi connectivity index (χ1) is 8.28. The fourth-order valence-corrected chi connectivity index (χ4v) is 1.93. The van der Waals surface area contributed by atoms with Gasteiger partial charge >= 0.3 is 0 Å². The Kier molecular flexibility index (Phi) is 4.18. The average molecular weight is 253 g/mol. The van der Waals surface area contributed by atoms with Crippen LogP contribution in [0.15, 0.2) is 12.1 Å². The summed E-state index contributed by atoms with van der Waals surface area (Å²) in [5, 5.41) is 9.08. The number of rotatable bonds is 3. The predicted molar refractivity (Wildman–Crippen MR) is 63.0 cm³/mol. The highest BCUT2D eigenvalue weighted by Gasteiger charge is 2.14. The Labute approximate surface area is 105 Å². The minimum Gasteiger partial charge on any atom is -0.477 e. The van der Waals surface area contributed by atoms with E-state index >= 15 is 0 Å². The number of nitriles is 1. The van der Waals surface area contributed by atoms with Gasteiger partial charge in [-0.3, -0.25) is 0 Å². The third-order valence-electron chi connectivity index (χ3n) is 2.71. The number of ether oxygens (including phenoxy) is 2. The van der Waals surface area contributed by atoms with Gasteiger partial charge in [-0.15, -0.1) is 0 Å². The summed E-state index contributed by atoms with van der Waals surface area (Å²) in [6.07, 6.45) is 2.01. The molecule has 17 heavy (non-hydrogen) atoms. The van der Waals surface area contributed by atoms with Crippen molar-refractivity contribution in [1.29, 1.82) is 5.26 Å². The quantitative estimate of drug-likeness (QED) is 0.776. The summed E-state index contributed by atoms with van der Waals surface area (Å²) in [6.45, 7) is 2.18. The lowest BCUT2D eigenvalue weighted by Crippen LogP contribution is -2.21. The van der Waals surface area contributed by atoms with Crippen LogP contribution in [0.4, 0.5) is 0 Å². The van der Waals surface area contributed by atoms with Gasteiger partial charge in [0.2, 0.25) is 5.88 Å². The van der Waals surface area contributed by atoms with E-state index in [-0.39, 0.29) is 5.15 Å². The van der Waals surface area contributed by atoms with Gasteiger partial charge in [0, 0.05) is 19.3 Å². The zero-order chi connectivity index (χ0) is 12.1. The van der Waals surface area contributed by atoms with Crippen molar-refractivity contribution in [3.63, 3.8) is 0 Å². The molecule has 2 heterocycles. The molecule has 1 saturated heterocycles. The van der Waals surface area contributed by atoms with Crippen molar-refractivity contribution in [2.45, 2.75) is 12.8 Å². The molecule has 0 atom stereocenters. The highest BCUT2D eigenvalue weighted by Crippen LogP contribution is 2.19. The van der Waals surface area contributed by atoms with Crippen LogP contribution in [0, 0.1) is 17.2 Å². The zero-order valence-corrected chi connectivity index (χ0v) is 10.1. The molecule has 90 valence electrons. The number of halogens is 1. The Bertz CT molecular complexity index is 425. The van der Waals surface area contributed by atoms with E-state index in [4.69, 9.17) is 26.3 Å². The van der Waals surface area contributed by atoms with Gasteiger partial charge in [-0.25, -0.2) is 4.98 Å². The Balaban J connectivity index is 1.94. The van der Waals surface area contributed by atoms with Gasteiger partial charge < -0.3 is 9.47 Å². The standard InChI is InChI=1S/C12H13ClN2O2/c13-11-5-10(7-14)6-12(15-11)17-8-9-1-3-16-4-2-9/h5-6,9H,1-4,8H2. The maximum Gasteiger partial charge on any atom is 0.215 e. The second-order valence-electron chi connectivity index (χ2n) is 4.00. The van der Waals surface area contributed by atoms with Crippen LogP contribution >= 0.6 is 11.6 Å². The molecule has 5 heteroatoms. The Morgan fingerprint density at radius 3 is 2.94 bits per heavy atom. The van der Waals surface area contributed by atoms with Crippen LogP contribution in [0.25, 0.3) is 0 Å². The van der Waals surface area contributed by atoms with Crippen molar-refractivity contribution in [1.82, 2.24) is 4.98 Å². The van der Waals surface area contributed by atoms with Crippen molar-refractivity contribution < 1.29 is 9.47 Å². The smallest absolute Gasteiger partial charge is 0.215 e. The summed E-state index contributed by atoms with van der Waals surface area (Å²) < 4.78 is 10.8. The van der Waals surface area contributed by atoms with E-state index in [1.807, 2.05) is 6.07 Å². The third-order valence-corrected chi connectivity index (χ3v) is 2.90. The van der Waals surface area contributed by atoms with Gasteiger partial charge in [-0.2, -0.15) is 5.26 Å². The Hall–Kier alpha value is -1.31. The summed E-state index contributed by atoms with van der Waals surface area (Å²) in [7, 11) is 0. The lowest BCUT2D eigenvalue weighted by Gasteiger charge is -2.21. The van der Waals surface area contributed by atoms with E-state index < -0.39 is 0 Å². The highest BCUT2D eigenvalue weighted by molar-refractivity contribution is 6.29. The van der Waals surface area contributed by atoms with Crippen LogP contribution in [0.3, 0.4) is 0 Å². The van der Waals surface area contributed by atoms with Crippen molar-refractivity contribution in [2.24, 2.45) is 5.92 Å². The number of aromatic nitrogens is 1. The first-order valence-corrected chi connectivity index (χ1v) is 5.94. The van der Waals surface area contributed by atoms with Crippen molar-refractivity contribution in [3.05, 3.63) is 22.8 Å². The molecule has 1 aromatic heterocycles. The molecular formula is C12H13ClN2O2. The molecular weight excluding hydrogens is 240 g/mol. The molecule has 1 aromatic rings. The first-order valence-electron chi connectivity index (χ1n) is 5.56. The topological polar surface area (TPSA) is 55.1 Å². The molecule has 0 unspecified atom stereocenters. The fraction of sp³-hybridized carbons (Fsp3) is 0.500. The van der Waals surface area contributed by atoms with Gasteiger partial charge in [-0.1, -0.05) is 11.6 Å². The highest BCUT2D eigenvalue weighted by atomic mass is 35.5. The SMILES string of the molecule is N#Cc1cc(Cl)nc(OCC2CCOCC2)c1. The molecule has 0 aliphatic carbocycles. The molecule has 0 radical (unpaired) electrons. The maximum absolute atomic E-state index is 8.79. The summed E-state index contributed by atoms with van der Waals surface area (Å²) in [6, 6.07) is 5.14. The molecule has 0 N–H and O–H groups in total. The Morgan fingerprint density at radius 1 is 1.47 bits per heavy atom. The van der Waals surface area contributed by atoms with Crippen LogP contribution in [0.2, 0.25) is 5.15 Å². The summed E-state index contributed by atoms with van der Waals surface area (Å²) >= 11 is 5.79. The van der Waals surface area contributed by atoms with E-state index in [0.717, 1.165) is 26.1 Å². The van der Waals surface area contributed by atoms with Gasteiger partial charge in [-0.05, 0) is 24.8 Å². The Morgan fingerprint density at radius 2 is 2.24 bits per heavy atom. The number of hydrogen-bond donors (Lipinski definition) is 0. The molecule has 4 nitrogen and oxygen atoms in total. The predicted octanol–water partition coefficient (Wildman–Crippen LogP) is 2.41. The number of hydrogen-bond acceptors (Lipinski definition) is 4. The summed E-state index contributed by atoms with van der Waals surface area (Å²) in [4.78, 5) is 4.03. The van der Waals surface area contributed by atoms with E-state index in [9.17, 15) is 0 Å². The minimum atomic E-state index is 0.283. The summed E-state index contributed by atoms with van der Waals surface area (Å²) in [5.41, 5.74) is 0.465. The second kappa shape index (κ2) is 5.85. The van der Waals surface area contributed by atoms with Crippen LogP contribution < -0.4 is 4.74 Å². The van der Waals surface area contributed by atoms with E-state index in [0.29, 0.717) is 24.0 Å². The van der Waals surface area contributed by atoms with E-state index in [2.05, 4.69) is 4.98 Å². The summed E-state index contributed by atoms with van der Waals surface area (Å²) in [5.74, 6) is 0.913. The fourth-order valence-electron chi connectivity index (χ4n) is 1.73. The third kappa shape index (κ3) is 3.58. The molecule has 0 amide bonds. The van der Waals surface area contributed by atoms with Crippen molar-refractivity contribution in [2.75, 3.05) is 19.8 Å². The lowest BCUT2D eigenvalue weighted by molar-refractivity contribution is 0.0490. The van der Waals surface area contributed by atoms with Gasteiger partial charge in [0.1, 0.15) is 5.15 Å². The molecule has 0 bridgehead atoms. The van der Waals surface area contributed by atoms with Gasteiger partial charge in [0.25, 0.3) is 0 Å². The lowest BCUT2D eigenvalue weighted by atomic mass is 10.0. The van der Waals surface area contributed by atoms with Crippen molar-refractivity contribution in [3.8, 4) is 11.9 Å². The normalized spacial score (nSPS) is 16.5. The zero-order valence-electron chi connectivity index (χ0n) is 9.36. The monoisotopic (exact) mass is 252 g/mol. The second-order valence-corrected chi connectivity index (χ2v) is 4.38. The minimum absolute atomic E-state index is 0.283. The van der Waals surface area contributed by atoms with E-state index in [1.165, 1.54) is 6.07 Å². The molecule has 1 aliphatic heterocycles. The first kappa shape index (κ1) is 12.2. The molecule has 1 fully saturated rings. The molecule has 1 aliphatic rings. The molecule has 2 rings (SSSR count). The number of pyridine rings is 1. The van der Waals surface area contributed by atoms with Crippen molar-refractivity contribution >= 4 is 11.6 Å². The number of nitrogens with zero attached hydrogens (tertiary/aromatic N) is 2. The van der Waals surface area contributed by atoms with Crippen LogP contribution in [0.1, 0.15) is 18.4 Å². The molecule has 0 spiro atoms. The van der Waals surface area contributed by atoms with E-state index in [1.54, 1.807) is 6.07 Å². The largest absolute Gasteiger partial charge is 0.477 e. The van der Waals surface area contributed by atoms with Crippen LogP contribution in [-0.2, 0) is 4.74 Å². The average Bonchev–Trinajstić information content (AvgIpc) is 2.37. The van der Waals surface area contributed by atoms with Crippen LogP contribution in [0.5, 0.6) is 5.88 Å². The molecule has 0 aromatic carbocycles.